The zero-order valence-corrected chi connectivity index (χ0v) is 12.4. The number of nitrogens with one attached hydrogen (secondary N) is 1. The molecule has 2 amide bonds. The van der Waals surface area contributed by atoms with Crippen molar-refractivity contribution in [3.8, 4) is 0 Å². The topological polar surface area (TPSA) is 69.6 Å². The fourth-order valence-electron chi connectivity index (χ4n) is 3.02. The Labute approximate surface area is 128 Å². The van der Waals surface area contributed by atoms with E-state index in [1.165, 1.54) is 12.1 Å². The summed E-state index contributed by atoms with van der Waals surface area (Å²) in [5, 5.41) is 12.1. The minimum Gasteiger partial charge on any atom is -0.481 e. The predicted octanol–water partition coefficient (Wildman–Crippen LogP) is 2.19. The van der Waals surface area contributed by atoms with Crippen molar-refractivity contribution in [1.82, 2.24) is 10.2 Å². The molecule has 1 heterocycles. The second-order valence-electron chi connectivity index (χ2n) is 6.49. The van der Waals surface area contributed by atoms with Crippen molar-refractivity contribution >= 4 is 12.0 Å². The molecule has 118 valence electrons. The molecule has 6 heteroatoms. The SMILES string of the molecule is CC1(C(=O)O)CCN(C(=O)NC2CC2c2cccc(F)c2)C1. The smallest absolute Gasteiger partial charge is 0.317 e. The summed E-state index contributed by atoms with van der Waals surface area (Å²) in [6, 6.07) is 6.20. The van der Waals surface area contributed by atoms with E-state index in [0.717, 1.165) is 12.0 Å². The molecule has 2 aliphatic rings. The number of likely N-dealkylation sites (tertiary alicyclic amines) is 1. The average Bonchev–Trinajstić information content (AvgIpc) is 3.10. The third-order valence-electron chi connectivity index (χ3n) is 4.65. The summed E-state index contributed by atoms with van der Waals surface area (Å²) in [6.07, 6.45) is 1.26. The molecular weight excluding hydrogens is 287 g/mol. The number of carbonyl (C=O) groups excluding carboxylic acids is 1. The van der Waals surface area contributed by atoms with Gasteiger partial charge in [-0.3, -0.25) is 4.79 Å². The van der Waals surface area contributed by atoms with Crippen LogP contribution in [0.3, 0.4) is 0 Å². The lowest BCUT2D eigenvalue weighted by Crippen LogP contribution is -2.42. The molecule has 3 rings (SSSR count). The molecule has 1 aromatic carbocycles. The lowest BCUT2D eigenvalue weighted by molar-refractivity contribution is -0.146. The van der Waals surface area contributed by atoms with Gasteiger partial charge in [0.1, 0.15) is 5.82 Å². The largest absolute Gasteiger partial charge is 0.481 e. The highest BCUT2D eigenvalue weighted by molar-refractivity contribution is 5.80. The van der Waals surface area contributed by atoms with Crippen molar-refractivity contribution in [2.75, 3.05) is 13.1 Å². The number of benzene rings is 1. The summed E-state index contributed by atoms with van der Waals surface area (Å²) >= 11 is 0. The first kappa shape index (κ1) is 14.8. The molecule has 1 saturated heterocycles. The second-order valence-corrected chi connectivity index (χ2v) is 6.49. The Balaban J connectivity index is 1.55. The van der Waals surface area contributed by atoms with E-state index in [9.17, 15) is 19.1 Å². The van der Waals surface area contributed by atoms with Crippen LogP contribution in [0.25, 0.3) is 0 Å². The number of carbonyl (C=O) groups is 2. The number of carboxylic acid groups (broad SMARTS) is 1. The molecule has 0 spiro atoms. The Kier molecular flexibility index (Phi) is 3.54. The van der Waals surface area contributed by atoms with Crippen LogP contribution in [0.5, 0.6) is 0 Å². The van der Waals surface area contributed by atoms with Crippen molar-refractivity contribution in [1.29, 1.82) is 0 Å². The minimum absolute atomic E-state index is 0.00554. The average molecular weight is 306 g/mol. The van der Waals surface area contributed by atoms with Gasteiger partial charge in [0.2, 0.25) is 0 Å². The Morgan fingerprint density at radius 3 is 2.86 bits per heavy atom. The fraction of sp³-hybridized carbons (Fsp3) is 0.500. The zero-order chi connectivity index (χ0) is 15.9. The third kappa shape index (κ3) is 2.77. The highest BCUT2D eigenvalue weighted by Crippen LogP contribution is 2.41. The molecule has 5 nitrogen and oxygen atoms in total. The van der Waals surface area contributed by atoms with Crippen molar-refractivity contribution in [2.24, 2.45) is 5.41 Å². The van der Waals surface area contributed by atoms with E-state index in [-0.39, 0.29) is 30.4 Å². The van der Waals surface area contributed by atoms with E-state index < -0.39 is 11.4 Å². The number of urea groups is 1. The predicted molar refractivity (Wildman–Crippen MR) is 78.0 cm³/mol. The summed E-state index contributed by atoms with van der Waals surface area (Å²) in [6.45, 7) is 2.34. The Morgan fingerprint density at radius 1 is 1.45 bits per heavy atom. The van der Waals surface area contributed by atoms with Crippen LogP contribution < -0.4 is 5.32 Å². The van der Waals surface area contributed by atoms with Gasteiger partial charge in [0, 0.05) is 25.0 Å². The first-order valence-corrected chi connectivity index (χ1v) is 7.43. The minimum atomic E-state index is -0.869. The number of hydrogen-bond acceptors (Lipinski definition) is 2. The van der Waals surface area contributed by atoms with Gasteiger partial charge in [0.25, 0.3) is 0 Å². The number of amides is 2. The summed E-state index contributed by atoms with van der Waals surface area (Å²) < 4.78 is 13.2. The van der Waals surface area contributed by atoms with Crippen LogP contribution in [-0.2, 0) is 4.79 Å². The third-order valence-corrected chi connectivity index (χ3v) is 4.65. The molecule has 1 aromatic rings. The number of hydrogen-bond donors (Lipinski definition) is 2. The van der Waals surface area contributed by atoms with E-state index in [0.29, 0.717) is 13.0 Å². The van der Waals surface area contributed by atoms with Gasteiger partial charge in [-0.2, -0.15) is 0 Å². The van der Waals surface area contributed by atoms with Crippen LogP contribution in [-0.4, -0.2) is 41.1 Å². The molecule has 0 bridgehead atoms. The van der Waals surface area contributed by atoms with Crippen LogP contribution in [0.2, 0.25) is 0 Å². The van der Waals surface area contributed by atoms with E-state index >= 15 is 0 Å². The van der Waals surface area contributed by atoms with Gasteiger partial charge < -0.3 is 15.3 Å². The molecule has 0 aromatic heterocycles. The molecule has 3 unspecified atom stereocenters. The van der Waals surface area contributed by atoms with Crippen molar-refractivity contribution < 1.29 is 19.1 Å². The molecular formula is C16H19FN2O3. The lowest BCUT2D eigenvalue weighted by Gasteiger charge is -2.20. The Bertz CT molecular complexity index is 621. The highest BCUT2D eigenvalue weighted by Gasteiger charge is 2.45. The second kappa shape index (κ2) is 5.26. The summed E-state index contributed by atoms with van der Waals surface area (Å²) in [5.41, 5.74) is 0.0325. The van der Waals surface area contributed by atoms with E-state index in [1.807, 2.05) is 6.07 Å². The Morgan fingerprint density at radius 2 is 2.23 bits per heavy atom. The molecule has 1 saturated carbocycles. The first-order valence-electron chi connectivity index (χ1n) is 7.43. The molecule has 3 atom stereocenters. The normalized spacial score (nSPS) is 30.2. The van der Waals surface area contributed by atoms with Gasteiger partial charge in [-0.1, -0.05) is 12.1 Å². The van der Waals surface area contributed by atoms with E-state index in [1.54, 1.807) is 17.9 Å². The maximum absolute atomic E-state index is 13.2. The van der Waals surface area contributed by atoms with Crippen LogP contribution >= 0.6 is 0 Å². The molecule has 2 N–H and O–H groups in total. The van der Waals surface area contributed by atoms with Gasteiger partial charge >= 0.3 is 12.0 Å². The van der Waals surface area contributed by atoms with Crippen LogP contribution in [0, 0.1) is 11.2 Å². The van der Waals surface area contributed by atoms with Gasteiger partial charge in [-0.15, -0.1) is 0 Å². The number of aliphatic carboxylic acids is 1. The monoisotopic (exact) mass is 306 g/mol. The van der Waals surface area contributed by atoms with Gasteiger partial charge in [-0.25, -0.2) is 9.18 Å². The number of halogens is 1. The van der Waals surface area contributed by atoms with Gasteiger partial charge in [0.05, 0.1) is 5.41 Å². The zero-order valence-electron chi connectivity index (χ0n) is 12.4. The number of rotatable bonds is 3. The van der Waals surface area contributed by atoms with Crippen molar-refractivity contribution in [2.45, 2.75) is 31.7 Å². The molecule has 2 fully saturated rings. The summed E-state index contributed by atoms with van der Waals surface area (Å²) in [4.78, 5) is 24.9. The maximum atomic E-state index is 13.2. The summed E-state index contributed by atoms with van der Waals surface area (Å²) in [5.74, 6) is -0.994. The molecule has 1 aliphatic carbocycles. The van der Waals surface area contributed by atoms with Crippen molar-refractivity contribution in [3.05, 3.63) is 35.6 Å². The first-order chi connectivity index (χ1) is 10.4. The van der Waals surface area contributed by atoms with E-state index in [2.05, 4.69) is 5.32 Å². The van der Waals surface area contributed by atoms with Crippen LogP contribution in [0.4, 0.5) is 9.18 Å². The summed E-state index contributed by atoms with van der Waals surface area (Å²) in [7, 11) is 0. The fourth-order valence-corrected chi connectivity index (χ4v) is 3.02. The van der Waals surface area contributed by atoms with Crippen LogP contribution in [0.1, 0.15) is 31.2 Å². The van der Waals surface area contributed by atoms with E-state index in [4.69, 9.17) is 0 Å². The highest BCUT2D eigenvalue weighted by atomic mass is 19.1. The number of nitrogens with zero attached hydrogens (tertiary/aromatic N) is 1. The quantitative estimate of drug-likeness (QED) is 0.899. The maximum Gasteiger partial charge on any atom is 0.317 e. The Hall–Kier alpha value is -2.11. The standard InChI is InChI=1S/C16H19FN2O3/c1-16(14(20)21)5-6-19(9-16)15(22)18-13-8-12(13)10-3-2-4-11(17)7-10/h2-4,7,12-13H,5-6,8-9H2,1H3,(H,18,22)(H,20,21). The van der Waals surface area contributed by atoms with Gasteiger partial charge in [-0.05, 0) is 37.5 Å². The van der Waals surface area contributed by atoms with Crippen molar-refractivity contribution in [3.63, 3.8) is 0 Å². The molecule has 22 heavy (non-hydrogen) atoms. The van der Waals surface area contributed by atoms with Gasteiger partial charge in [0.15, 0.2) is 0 Å². The lowest BCUT2D eigenvalue weighted by atomic mass is 9.90. The van der Waals surface area contributed by atoms with Crippen LogP contribution in [0.15, 0.2) is 24.3 Å². The molecule has 1 aliphatic heterocycles. The number of carboxylic acids is 1. The molecule has 0 radical (unpaired) electrons.